The fourth-order valence-corrected chi connectivity index (χ4v) is 3.00. The molecule has 1 aromatic heterocycles. The molecule has 0 saturated carbocycles. The average molecular weight is 479 g/mol. The van der Waals surface area contributed by atoms with Gasteiger partial charge in [-0.25, -0.2) is 9.97 Å². The highest BCUT2D eigenvalue weighted by atomic mass is 19.4. The number of hydrogen-bond donors (Lipinski definition) is 2. The normalized spacial score (nSPS) is 11.4. The topological polar surface area (TPSA) is 118 Å². The van der Waals surface area contributed by atoms with Gasteiger partial charge in [-0.3, -0.25) is 10.1 Å². The highest BCUT2D eigenvalue weighted by Crippen LogP contribution is 2.35. The molecule has 0 bridgehead atoms. The van der Waals surface area contributed by atoms with Gasteiger partial charge in [0.15, 0.2) is 0 Å². The van der Waals surface area contributed by atoms with Crippen molar-refractivity contribution in [2.45, 2.75) is 6.18 Å². The van der Waals surface area contributed by atoms with Crippen LogP contribution in [0.15, 0.2) is 95.4 Å². The standard InChI is InChI=1S/C23H16F3N7O2/c24-23(25,26)15-5-4-8-19(13-15)30-22-20(33(34)35)21(27-14-28-22)29-16-9-11-18(12-10-16)32-31-17-6-2-1-3-7-17/h1-14H,(H2,27,28,29,30). The second-order valence-electron chi connectivity index (χ2n) is 7.09. The van der Waals surface area contributed by atoms with Gasteiger partial charge in [0.25, 0.3) is 0 Å². The Bertz CT molecular complexity index is 1360. The second-order valence-corrected chi connectivity index (χ2v) is 7.09. The summed E-state index contributed by atoms with van der Waals surface area (Å²) in [6.07, 6.45) is -3.50. The second kappa shape index (κ2) is 9.95. The van der Waals surface area contributed by atoms with Crippen LogP contribution in [0.3, 0.4) is 0 Å². The molecule has 0 aliphatic heterocycles. The first-order chi connectivity index (χ1) is 16.8. The molecule has 0 aliphatic rings. The number of azo groups is 1. The number of aromatic nitrogens is 2. The zero-order valence-corrected chi connectivity index (χ0v) is 17.8. The molecule has 3 aromatic carbocycles. The van der Waals surface area contributed by atoms with E-state index < -0.39 is 22.4 Å². The molecule has 35 heavy (non-hydrogen) atoms. The molecule has 2 N–H and O–H groups in total. The number of benzene rings is 3. The molecule has 0 amide bonds. The summed E-state index contributed by atoms with van der Waals surface area (Å²) >= 11 is 0. The molecule has 0 spiro atoms. The number of hydrogen-bond acceptors (Lipinski definition) is 8. The van der Waals surface area contributed by atoms with Gasteiger partial charge in [-0.2, -0.15) is 23.4 Å². The Morgan fingerprint density at radius 3 is 1.97 bits per heavy atom. The number of nitrogens with one attached hydrogen (secondary N) is 2. The van der Waals surface area contributed by atoms with Crippen LogP contribution in [0.2, 0.25) is 0 Å². The van der Waals surface area contributed by atoms with Crippen molar-refractivity contribution >= 4 is 40.1 Å². The molecule has 176 valence electrons. The Morgan fingerprint density at radius 2 is 1.37 bits per heavy atom. The van der Waals surface area contributed by atoms with E-state index in [2.05, 4.69) is 30.8 Å². The fourth-order valence-electron chi connectivity index (χ4n) is 3.00. The summed E-state index contributed by atoms with van der Waals surface area (Å²) in [7, 11) is 0. The zero-order valence-electron chi connectivity index (χ0n) is 17.8. The quantitative estimate of drug-likeness (QED) is 0.163. The molecule has 4 aromatic rings. The van der Waals surface area contributed by atoms with Crippen molar-refractivity contribution < 1.29 is 18.1 Å². The van der Waals surface area contributed by atoms with Crippen molar-refractivity contribution in [3.05, 3.63) is 101 Å². The third-order valence-electron chi connectivity index (χ3n) is 4.62. The predicted octanol–water partition coefficient (Wildman–Crippen LogP) is 7.31. The van der Waals surface area contributed by atoms with E-state index in [-0.39, 0.29) is 17.3 Å². The van der Waals surface area contributed by atoms with Gasteiger partial charge in [0.1, 0.15) is 6.33 Å². The minimum Gasteiger partial charge on any atom is -0.334 e. The van der Waals surface area contributed by atoms with Gasteiger partial charge in [0.2, 0.25) is 11.6 Å². The van der Waals surface area contributed by atoms with Crippen LogP contribution in [0.1, 0.15) is 5.56 Å². The number of nitro groups is 1. The summed E-state index contributed by atoms with van der Waals surface area (Å²) in [6, 6.07) is 20.0. The van der Waals surface area contributed by atoms with Gasteiger partial charge in [-0.15, -0.1) is 0 Å². The van der Waals surface area contributed by atoms with E-state index in [1.807, 2.05) is 18.2 Å². The molecule has 1 heterocycles. The third-order valence-corrected chi connectivity index (χ3v) is 4.62. The van der Waals surface area contributed by atoms with Crippen LogP contribution in [0, 0.1) is 10.1 Å². The third kappa shape index (κ3) is 5.93. The molecule has 0 saturated heterocycles. The fraction of sp³-hybridized carbons (Fsp3) is 0.0435. The van der Waals surface area contributed by atoms with E-state index >= 15 is 0 Å². The summed E-state index contributed by atoms with van der Waals surface area (Å²) in [5.74, 6) is -0.404. The van der Waals surface area contributed by atoms with Crippen molar-refractivity contribution in [3.8, 4) is 0 Å². The van der Waals surface area contributed by atoms with Crippen molar-refractivity contribution in [1.82, 2.24) is 9.97 Å². The highest BCUT2D eigenvalue weighted by Gasteiger charge is 2.31. The molecule has 0 radical (unpaired) electrons. The SMILES string of the molecule is O=[N+]([O-])c1c(Nc2ccc(N=Nc3ccccc3)cc2)ncnc1Nc1cccc(C(F)(F)F)c1. The van der Waals surface area contributed by atoms with Crippen LogP contribution < -0.4 is 10.6 Å². The van der Waals surface area contributed by atoms with Gasteiger partial charge in [0.05, 0.1) is 21.9 Å². The number of nitrogens with zero attached hydrogens (tertiary/aromatic N) is 5. The van der Waals surface area contributed by atoms with E-state index in [1.165, 1.54) is 12.1 Å². The molecule has 0 unspecified atom stereocenters. The van der Waals surface area contributed by atoms with Gasteiger partial charge in [-0.05, 0) is 54.6 Å². The number of alkyl halides is 3. The Labute approximate surface area is 196 Å². The van der Waals surface area contributed by atoms with Crippen molar-refractivity contribution in [2.24, 2.45) is 10.2 Å². The minimum atomic E-state index is -4.56. The molecule has 0 aliphatic carbocycles. The lowest BCUT2D eigenvalue weighted by Gasteiger charge is -2.12. The Kier molecular flexibility index (Phi) is 6.62. The van der Waals surface area contributed by atoms with Crippen LogP contribution in [0.25, 0.3) is 0 Å². The number of halogens is 3. The largest absolute Gasteiger partial charge is 0.416 e. The lowest BCUT2D eigenvalue weighted by Crippen LogP contribution is -2.07. The van der Waals surface area contributed by atoms with Gasteiger partial charge in [-0.1, -0.05) is 24.3 Å². The zero-order chi connectivity index (χ0) is 24.8. The van der Waals surface area contributed by atoms with E-state index in [0.29, 0.717) is 17.1 Å². The summed E-state index contributed by atoms with van der Waals surface area (Å²) < 4.78 is 39.0. The molecular weight excluding hydrogens is 463 g/mol. The van der Waals surface area contributed by atoms with Gasteiger partial charge >= 0.3 is 11.9 Å². The van der Waals surface area contributed by atoms with E-state index in [1.54, 1.807) is 36.4 Å². The summed E-state index contributed by atoms with van der Waals surface area (Å²) in [5, 5.41) is 25.4. The van der Waals surface area contributed by atoms with Crippen LogP contribution in [0.5, 0.6) is 0 Å². The first-order valence-corrected chi connectivity index (χ1v) is 10.1. The van der Waals surface area contributed by atoms with Crippen molar-refractivity contribution in [1.29, 1.82) is 0 Å². The van der Waals surface area contributed by atoms with Gasteiger partial charge < -0.3 is 10.6 Å². The summed E-state index contributed by atoms with van der Waals surface area (Å²) in [6.45, 7) is 0. The molecule has 9 nitrogen and oxygen atoms in total. The van der Waals surface area contributed by atoms with E-state index in [9.17, 15) is 23.3 Å². The maximum absolute atomic E-state index is 13.0. The average Bonchev–Trinajstić information content (AvgIpc) is 2.84. The Balaban J connectivity index is 1.55. The maximum Gasteiger partial charge on any atom is 0.416 e. The van der Waals surface area contributed by atoms with Crippen LogP contribution >= 0.6 is 0 Å². The van der Waals surface area contributed by atoms with Crippen LogP contribution in [0.4, 0.5) is 53.2 Å². The van der Waals surface area contributed by atoms with Crippen LogP contribution in [-0.4, -0.2) is 14.9 Å². The summed E-state index contributed by atoms with van der Waals surface area (Å²) in [5.41, 5.74) is 0.270. The lowest BCUT2D eigenvalue weighted by molar-refractivity contribution is -0.383. The van der Waals surface area contributed by atoms with Gasteiger partial charge in [0, 0.05) is 11.4 Å². The predicted molar refractivity (Wildman–Crippen MR) is 124 cm³/mol. The molecule has 0 atom stereocenters. The molecule has 0 fully saturated rings. The summed E-state index contributed by atoms with van der Waals surface area (Å²) in [4.78, 5) is 18.8. The van der Waals surface area contributed by atoms with Crippen molar-refractivity contribution in [3.63, 3.8) is 0 Å². The number of anilines is 4. The van der Waals surface area contributed by atoms with Crippen LogP contribution in [-0.2, 0) is 6.18 Å². The first kappa shape index (κ1) is 23.3. The lowest BCUT2D eigenvalue weighted by atomic mass is 10.2. The highest BCUT2D eigenvalue weighted by molar-refractivity contribution is 5.77. The molecular formula is C23H16F3N7O2. The monoisotopic (exact) mass is 479 g/mol. The van der Waals surface area contributed by atoms with E-state index in [4.69, 9.17) is 0 Å². The van der Waals surface area contributed by atoms with E-state index in [0.717, 1.165) is 18.5 Å². The molecule has 12 heteroatoms. The minimum absolute atomic E-state index is 0.0132. The van der Waals surface area contributed by atoms with Crippen molar-refractivity contribution in [2.75, 3.05) is 10.6 Å². The Hall–Kier alpha value is -4.87. The smallest absolute Gasteiger partial charge is 0.334 e. The first-order valence-electron chi connectivity index (χ1n) is 10.1. The Morgan fingerprint density at radius 1 is 0.771 bits per heavy atom. The number of rotatable bonds is 7. The maximum atomic E-state index is 13.0. The molecule has 4 rings (SSSR count).